The van der Waals surface area contributed by atoms with Gasteiger partial charge in [-0.05, 0) is 20.8 Å². The van der Waals surface area contributed by atoms with Crippen molar-refractivity contribution in [3.63, 3.8) is 0 Å². The van der Waals surface area contributed by atoms with Crippen molar-refractivity contribution in [2.24, 2.45) is 0 Å². The summed E-state index contributed by atoms with van der Waals surface area (Å²) in [5.74, 6) is -3.53. The maximum absolute atomic E-state index is 11.6. The number of rotatable bonds is 2. The highest BCUT2D eigenvalue weighted by atomic mass is 16.7. The van der Waals surface area contributed by atoms with Gasteiger partial charge in [0.1, 0.15) is 5.60 Å². The Morgan fingerprint density at radius 3 is 2.53 bits per heavy atom. The number of ether oxygens (including phenoxy) is 3. The van der Waals surface area contributed by atoms with Gasteiger partial charge in [0.2, 0.25) is 12.4 Å². The maximum Gasteiger partial charge on any atom is 0.345 e. The topological polar surface area (TPSA) is 119 Å². The van der Waals surface area contributed by atoms with E-state index in [-0.39, 0.29) is 0 Å². The summed E-state index contributed by atoms with van der Waals surface area (Å²) in [7, 11) is 0. The Kier molecular flexibility index (Phi) is 4.16. The molecule has 0 amide bonds. The first-order valence-corrected chi connectivity index (χ1v) is 5.52. The van der Waals surface area contributed by atoms with Crippen molar-refractivity contribution < 1.29 is 38.8 Å². The molecule has 8 heteroatoms. The summed E-state index contributed by atoms with van der Waals surface area (Å²) < 4.78 is 13.6. The van der Waals surface area contributed by atoms with Gasteiger partial charge >= 0.3 is 17.9 Å². The fraction of sp³-hybridized carbons (Fsp3) is 0.727. The minimum absolute atomic E-state index is 0.731. The first-order chi connectivity index (χ1) is 8.56. The molecule has 0 bridgehead atoms. The number of carbonyl (C=O) groups excluding carboxylic acids is 3. The maximum atomic E-state index is 11.6. The standard InChI is InChI=1S/C11H16O8/c1-10(2,3)19-6(12)4-11(16)7(13)8(14)17-5-18-9(11)15/h7,13,16H,4-5H2,1-3H3. The lowest BCUT2D eigenvalue weighted by Gasteiger charge is -2.27. The van der Waals surface area contributed by atoms with Crippen LogP contribution in [0.15, 0.2) is 0 Å². The Balaban J connectivity index is 2.89. The smallest absolute Gasteiger partial charge is 0.345 e. The predicted octanol–water partition coefficient (Wildman–Crippen LogP) is -1.13. The molecule has 1 aliphatic rings. The van der Waals surface area contributed by atoms with Crippen LogP contribution in [-0.4, -0.2) is 52.2 Å². The van der Waals surface area contributed by atoms with Gasteiger partial charge in [0.25, 0.3) is 0 Å². The van der Waals surface area contributed by atoms with Crippen LogP contribution >= 0.6 is 0 Å². The van der Waals surface area contributed by atoms with Gasteiger partial charge in [-0.3, -0.25) is 4.79 Å². The van der Waals surface area contributed by atoms with E-state index in [4.69, 9.17) is 4.74 Å². The molecule has 0 aliphatic carbocycles. The lowest BCUT2D eigenvalue weighted by Crippen LogP contribution is -2.54. The van der Waals surface area contributed by atoms with E-state index in [2.05, 4.69) is 9.47 Å². The third kappa shape index (κ3) is 3.65. The Morgan fingerprint density at radius 1 is 1.42 bits per heavy atom. The van der Waals surface area contributed by atoms with E-state index in [0.717, 1.165) is 0 Å². The van der Waals surface area contributed by atoms with E-state index in [0.29, 0.717) is 0 Å². The van der Waals surface area contributed by atoms with Crippen LogP contribution in [0.4, 0.5) is 0 Å². The molecular weight excluding hydrogens is 260 g/mol. The highest BCUT2D eigenvalue weighted by Gasteiger charge is 2.53. The van der Waals surface area contributed by atoms with Crippen molar-refractivity contribution in [2.75, 3.05) is 6.79 Å². The SMILES string of the molecule is CC(C)(C)OC(=O)CC1(O)C(=O)OCOC(=O)C1O. The van der Waals surface area contributed by atoms with E-state index in [1.165, 1.54) is 0 Å². The molecule has 2 unspecified atom stereocenters. The number of carbonyl (C=O) groups is 3. The van der Waals surface area contributed by atoms with Gasteiger partial charge in [0, 0.05) is 0 Å². The molecule has 0 saturated carbocycles. The molecule has 0 aromatic carbocycles. The van der Waals surface area contributed by atoms with Crippen LogP contribution in [0.5, 0.6) is 0 Å². The Bertz CT molecular complexity index is 396. The molecule has 0 radical (unpaired) electrons. The molecule has 1 fully saturated rings. The van der Waals surface area contributed by atoms with Gasteiger partial charge in [-0.1, -0.05) is 0 Å². The molecule has 2 atom stereocenters. The van der Waals surface area contributed by atoms with Crippen LogP contribution in [0, 0.1) is 0 Å². The molecule has 1 aliphatic heterocycles. The van der Waals surface area contributed by atoms with Crippen molar-refractivity contribution in [1.82, 2.24) is 0 Å². The fourth-order valence-electron chi connectivity index (χ4n) is 1.42. The van der Waals surface area contributed by atoms with Crippen molar-refractivity contribution in [3.8, 4) is 0 Å². The van der Waals surface area contributed by atoms with Crippen LogP contribution in [-0.2, 0) is 28.6 Å². The molecule has 19 heavy (non-hydrogen) atoms. The van der Waals surface area contributed by atoms with Gasteiger partial charge in [0.05, 0.1) is 6.42 Å². The summed E-state index contributed by atoms with van der Waals surface area (Å²) in [6.07, 6.45) is -3.13. The second kappa shape index (κ2) is 5.14. The Morgan fingerprint density at radius 2 is 2.00 bits per heavy atom. The molecule has 8 nitrogen and oxygen atoms in total. The summed E-state index contributed by atoms with van der Waals surface area (Å²) >= 11 is 0. The van der Waals surface area contributed by atoms with Gasteiger partial charge in [0.15, 0.2) is 6.10 Å². The first kappa shape index (κ1) is 15.4. The molecule has 1 heterocycles. The second-order valence-corrected chi connectivity index (χ2v) is 5.10. The van der Waals surface area contributed by atoms with Gasteiger partial charge in [-0.2, -0.15) is 0 Å². The van der Waals surface area contributed by atoms with Crippen LogP contribution in [0.3, 0.4) is 0 Å². The number of hydrogen-bond donors (Lipinski definition) is 2. The molecule has 1 rings (SSSR count). The van der Waals surface area contributed by atoms with Crippen molar-refractivity contribution in [2.45, 2.75) is 44.5 Å². The van der Waals surface area contributed by atoms with E-state index in [1.54, 1.807) is 20.8 Å². The van der Waals surface area contributed by atoms with Crippen LogP contribution in [0.25, 0.3) is 0 Å². The number of esters is 3. The minimum atomic E-state index is -2.71. The Hall–Kier alpha value is -1.67. The summed E-state index contributed by atoms with van der Waals surface area (Å²) in [6, 6.07) is 0. The lowest BCUT2D eigenvalue weighted by atomic mass is 9.92. The molecule has 1 saturated heterocycles. The van der Waals surface area contributed by atoms with E-state index >= 15 is 0 Å². The average Bonchev–Trinajstić information content (AvgIpc) is 2.31. The molecular formula is C11H16O8. The first-order valence-electron chi connectivity index (χ1n) is 5.52. The normalized spacial score (nSPS) is 28.2. The number of cyclic esters (lactones) is 2. The highest BCUT2D eigenvalue weighted by Crippen LogP contribution is 2.24. The number of hydrogen-bond acceptors (Lipinski definition) is 8. The predicted molar refractivity (Wildman–Crippen MR) is 58.5 cm³/mol. The van der Waals surface area contributed by atoms with Crippen LogP contribution < -0.4 is 0 Å². The van der Waals surface area contributed by atoms with Crippen molar-refractivity contribution >= 4 is 17.9 Å². The van der Waals surface area contributed by atoms with E-state index < -0.39 is 48.4 Å². The van der Waals surface area contributed by atoms with E-state index in [9.17, 15) is 24.6 Å². The van der Waals surface area contributed by atoms with Gasteiger partial charge in [-0.15, -0.1) is 0 Å². The Labute approximate surface area is 109 Å². The lowest BCUT2D eigenvalue weighted by molar-refractivity contribution is -0.185. The van der Waals surface area contributed by atoms with Crippen LogP contribution in [0.2, 0.25) is 0 Å². The van der Waals surface area contributed by atoms with Crippen molar-refractivity contribution in [3.05, 3.63) is 0 Å². The zero-order chi connectivity index (χ0) is 14.8. The van der Waals surface area contributed by atoms with E-state index in [1.807, 2.05) is 0 Å². The summed E-state index contributed by atoms with van der Waals surface area (Å²) in [5, 5.41) is 19.6. The number of aliphatic hydroxyl groups is 2. The number of aliphatic hydroxyl groups excluding tert-OH is 1. The minimum Gasteiger partial charge on any atom is -0.460 e. The quantitative estimate of drug-likeness (QED) is 0.608. The second-order valence-electron chi connectivity index (χ2n) is 5.10. The third-order valence-corrected chi connectivity index (χ3v) is 2.25. The largest absolute Gasteiger partial charge is 0.460 e. The fourth-order valence-corrected chi connectivity index (χ4v) is 1.42. The average molecular weight is 276 g/mol. The summed E-state index contributed by atoms with van der Waals surface area (Å²) in [6.45, 7) is 4.03. The van der Waals surface area contributed by atoms with Crippen molar-refractivity contribution in [1.29, 1.82) is 0 Å². The zero-order valence-corrected chi connectivity index (χ0v) is 10.8. The van der Waals surface area contributed by atoms with Crippen LogP contribution in [0.1, 0.15) is 27.2 Å². The molecule has 0 aromatic heterocycles. The molecule has 0 spiro atoms. The third-order valence-electron chi connectivity index (χ3n) is 2.25. The highest BCUT2D eigenvalue weighted by molar-refractivity contribution is 5.93. The van der Waals surface area contributed by atoms with Gasteiger partial charge < -0.3 is 24.4 Å². The summed E-state index contributed by atoms with van der Waals surface area (Å²) in [5.41, 5.74) is -3.55. The molecule has 0 aromatic rings. The zero-order valence-electron chi connectivity index (χ0n) is 10.8. The van der Waals surface area contributed by atoms with Gasteiger partial charge in [-0.25, -0.2) is 9.59 Å². The molecule has 2 N–H and O–H groups in total. The molecule has 108 valence electrons. The monoisotopic (exact) mass is 276 g/mol. The summed E-state index contributed by atoms with van der Waals surface area (Å²) in [4.78, 5) is 34.3.